The zero-order chi connectivity index (χ0) is 18.9. The van der Waals surface area contributed by atoms with E-state index in [2.05, 4.69) is 76.0 Å². The van der Waals surface area contributed by atoms with E-state index in [0.29, 0.717) is 13.2 Å². The lowest BCUT2D eigenvalue weighted by Gasteiger charge is -2.18. The van der Waals surface area contributed by atoms with Gasteiger partial charge in [-0.3, -0.25) is 4.99 Å². The zero-order valence-electron chi connectivity index (χ0n) is 16.5. The van der Waals surface area contributed by atoms with Crippen LogP contribution in [0.1, 0.15) is 11.1 Å². The molecule has 0 amide bonds. The summed E-state index contributed by atoms with van der Waals surface area (Å²) in [6, 6.07) is 16.8. The molecule has 5 nitrogen and oxygen atoms in total. The van der Waals surface area contributed by atoms with Crippen molar-refractivity contribution < 1.29 is 4.74 Å². The summed E-state index contributed by atoms with van der Waals surface area (Å²) in [4.78, 5) is 6.60. The Morgan fingerprint density at radius 2 is 1.68 bits per heavy atom. The predicted octanol–water partition coefficient (Wildman–Crippen LogP) is 3.73. The fraction of sp³-hybridized carbons (Fsp3) is 0.318. The van der Waals surface area contributed by atoms with E-state index >= 15 is 0 Å². The second-order valence-electron chi connectivity index (χ2n) is 6.56. The van der Waals surface area contributed by atoms with Crippen molar-refractivity contribution in [1.82, 2.24) is 10.6 Å². The molecule has 2 N–H and O–H groups in total. The molecule has 2 aromatic carbocycles. The summed E-state index contributed by atoms with van der Waals surface area (Å²) in [5, 5.41) is 6.61. The van der Waals surface area contributed by atoms with Crippen molar-refractivity contribution in [3.05, 3.63) is 71.8 Å². The topological polar surface area (TPSA) is 48.9 Å². The van der Waals surface area contributed by atoms with Crippen molar-refractivity contribution in [2.24, 2.45) is 4.99 Å². The maximum Gasteiger partial charge on any atom is 0.191 e. The number of hydrogen-bond acceptors (Lipinski definition) is 3. The molecule has 0 fully saturated rings. The van der Waals surface area contributed by atoms with Gasteiger partial charge < -0.3 is 20.3 Å². The van der Waals surface area contributed by atoms with Crippen molar-refractivity contribution in [3.8, 4) is 5.75 Å². The normalized spacial score (nSPS) is 13.2. The van der Waals surface area contributed by atoms with E-state index in [1.807, 2.05) is 12.1 Å². The van der Waals surface area contributed by atoms with Gasteiger partial charge in [-0.05, 0) is 36.8 Å². The quantitative estimate of drug-likeness (QED) is 0.203. The van der Waals surface area contributed by atoms with Crippen LogP contribution in [0.5, 0.6) is 5.75 Å². The van der Waals surface area contributed by atoms with Gasteiger partial charge in [-0.15, -0.1) is 24.0 Å². The fourth-order valence-corrected chi connectivity index (χ4v) is 2.89. The number of anilines is 1. The van der Waals surface area contributed by atoms with E-state index in [0.717, 1.165) is 31.3 Å². The monoisotopic (exact) mass is 492 g/mol. The van der Waals surface area contributed by atoms with Gasteiger partial charge in [0.15, 0.2) is 5.96 Å². The zero-order valence-corrected chi connectivity index (χ0v) is 18.9. The molecule has 6 heteroatoms. The van der Waals surface area contributed by atoms with E-state index in [9.17, 15) is 0 Å². The van der Waals surface area contributed by atoms with Crippen molar-refractivity contribution in [3.63, 3.8) is 0 Å². The van der Waals surface area contributed by atoms with Crippen LogP contribution in [0.25, 0.3) is 0 Å². The first-order valence-corrected chi connectivity index (χ1v) is 9.37. The number of halogens is 1. The number of nitrogens with zero attached hydrogens (tertiary/aromatic N) is 2. The minimum absolute atomic E-state index is 0. The van der Waals surface area contributed by atoms with Gasteiger partial charge in [0.05, 0.1) is 6.54 Å². The van der Waals surface area contributed by atoms with E-state index in [1.54, 1.807) is 7.05 Å². The Bertz CT molecular complexity index is 764. The van der Waals surface area contributed by atoms with Crippen molar-refractivity contribution in [1.29, 1.82) is 0 Å². The number of ether oxygens (including phenoxy) is 1. The third kappa shape index (κ3) is 6.74. The van der Waals surface area contributed by atoms with E-state index in [-0.39, 0.29) is 24.0 Å². The molecule has 2 aromatic rings. The lowest BCUT2D eigenvalue weighted by atomic mass is 10.2. The Kier molecular flexibility index (Phi) is 9.13. The molecule has 0 unspecified atom stereocenters. The first kappa shape index (κ1) is 22.1. The van der Waals surface area contributed by atoms with Gasteiger partial charge in [0, 0.05) is 32.4 Å². The summed E-state index contributed by atoms with van der Waals surface area (Å²) in [6.45, 7) is 6.07. The maximum absolute atomic E-state index is 5.73. The fourth-order valence-electron chi connectivity index (χ4n) is 2.89. The summed E-state index contributed by atoms with van der Waals surface area (Å²) < 4.78 is 5.73. The Labute approximate surface area is 184 Å². The van der Waals surface area contributed by atoms with Gasteiger partial charge in [0.2, 0.25) is 0 Å². The van der Waals surface area contributed by atoms with Crippen LogP contribution in [0.15, 0.2) is 65.7 Å². The summed E-state index contributed by atoms with van der Waals surface area (Å²) in [6.07, 6.45) is 4.40. The highest BCUT2D eigenvalue weighted by Gasteiger charge is 2.07. The second kappa shape index (κ2) is 11.6. The highest BCUT2D eigenvalue weighted by molar-refractivity contribution is 14.0. The summed E-state index contributed by atoms with van der Waals surface area (Å²) in [5.41, 5.74) is 3.72. The number of aryl methyl sites for hydroxylation is 1. The molecule has 0 aromatic heterocycles. The van der Waals surface area contributed by atoms with Crippen LogP contribution in [-0.2, 0) is 6.54 Å². The molecule has 0 bridgehead atoms. The summed E-state index contributed by atoms with van der Waals surface area (Å²) >= 11 is 0. The average molecular weight is 492 g/mol. The number of hydrogen-bond donors (Lipinski definition) is 2. The van der Waals surface area contributed by atoms with E-state index < -0.39 is 0 Å². The standard InChI is InChI=1S/C22H28N4O.HI/c1-18-5-11-21(12-6-18)27-16-13-24-22(23-2)25-17-19-7-9-20(10-8-19)26-14-3-4-15-26;/h3-12H,13-17H2,1-2H3,(H2,23,24,25);1H. The molecule has 0 radical (unpaired) electrons. The Morgan fingerprint density at radius 1 is 1.00 bits per heavy atom. The first-order chi connectivity index (χ1) is 13.2. The van der Waals surface area contributed by atoms with Gasteiger partial charge in [-0.1, -0.05) is 42.0 Å². The molecule has 0 saturated carbocycles. The third-order valence-electron chi connectivity index (χ3n) is 4.49. The highest BCUT2D eigenvalue weighted by Crippen LogP contribution is 2.17. The van der Waals surface area contributed by atoms with E-state index in [4.69, 9.17) is 4.74 Å². The molecule has 0 saturated heterocycles. The van der Waals surface area contributed by atoms with Gasteiger partial charge in [0.25, 0.3) is 0 Å². The molecule has 3 rings (SSSR count). The number of benzene rings is 2. The minimum atomic E-state index is 0. The van der Waals surface area contributed by atoms with Gasteiger partial charge >= 0.3 is 0 Å². The lowest BCUT2D eigenvalue weighted by molar-refractivity contribution is 0.322. The largest absolute Gasteiger partial charge is 0.492 e. The van der Waals surface area contributed by atoms with Crippen LogP contribution >= 0.6 is 24.0 Å². The highest BCUT2D eigenvalue weighted by atomic mass is 127. The molecular weight excluding hydrogens is 463 g/mol. The number of rotatable bonds is 7. The Balaban J connectivity index is 0.00000280. The molecule has 1 heterocycles. The third-order valence-corrected chi connectivity index (χ3v) is 4.49. The van der Waals surface area contributed by atoms with Crippen molar-refractivity contribution >= 4 is 35.6 Å². The van der Waals surface area contributed by atoms with Crippen LogP contribution in [0, 0.1) is 6.92 Å². The first-order valence-electron chi connectivity index (χ1n) is 9.37. The summed E-state index contributed by atoms with van der Waals surface area (Å²) in [5.74, 6) is 1.66. The average Bonchev–Trinajstić information content (AvgIpc) is 3.24. The number of aliphatic imine (C=N–C) groups is 1. The van der Waals surface area contributed by atoms with Crippen LogP contribution in [-0.4, -0.2) is 39.2 Å². The molecule has 28 heavy (non-hydrogen) atoms. The maximum atomic E-state index is 5.73. The second-order valence-corrected chi connectivity index (χ2v) is 6.56. The molecule has 0 spiro atoms. The number of guanidine groups is 1. The van der Waals surface area contributed by atoms with Gasteiger partial charge in [-0.2, -0.15) is 0 Å². The SMILES string of the molecule is CN=C(NCCOc1ccc(C)cc1)NCc1ccc(N2CC=CC2)cc1.I. The van der Waals surface area contributed by atoms with Crippen LogP contribution < -0.4 is 20.3 Å². The van der Waals surface area contributed by atoms with Gasteiger partial charge in [-0.25, -0.2) is 0 Å². The number of nitrogens with one attached hydrogen (secondary N) is 2. The van der Waals surface area contributed by atoms with Crippen molar-refractivity contribution in [2.45, 2.75) is 13.5 Å². The molecule has 1 aliphatic heterocycles. The molecule has 0 aliphatic carbocycles. The van der Waals surface area contributed by atoms with Crippen LogP contribution in [0.4, 0.5) is 5.69 Å². The Morgan fingerprint density at radius 3 is 2.32 bits per heavy atom. The minimum Gasteiger partial charge on any atom is -0.492 e. The smallest absolute Gasteiger partial charge is 0.191 e. The molecule has 1 aliphatic rings. The predicted molar refractivity (Wildman–Crippen MR) is 128 cm³/mol. The van der Waals surface area contributed by atoms with Crippen LogP contribution in [0.3, 0.4) is 0 Å². The Hall–Kier alpha value is -2.22. The van der Waals surface area contributed by atoms with Crippen LogP contribution in [0.2, 0.25) is 0 Å². The molecule has 0 atom stereocenters. The molecular formula is C22H29IN4O. The summed E-state index contributed by atoms with van der Waals surface area (Å²) in [7, 11) is 1.78. The van der Waals surface area contributed by atoms with E-state index in [1.165, 1.54) is 16.8 Å². The molecule has 150 valence electrons. The lowest BCUT2D eigenvalue weighted by Crippen LogP contribution is -2.38. The van der Waals surface area contributed by atoms with Gasteiger partial charge in [0.1, 0.15) is 12.4 Å². The van der Waals surface area contributed by atoms with Crippen molar-refractivity contribution in [2.75, 3.05) is 38.2 Å².